The highest BCUT2D eigenvalue weighted by Crippen LogP contribution is 2.26. The first-order chi connectivity index (χ1) is 7.19. The molecule has 3 heteroatoms. The number of anilines is 1. The van der Waals surface area contributed by atoms with Gasteiger partial charge >= 0.3 is 0 Å². The zero-order valence-corrected chi connectivity index (χ0v) is 10.5. The summed E-state index contributed by atoms with van der Waals surface area (Å²) in [5.74, 6) is 2.40. The molecule has 0 saturated heterocycles. The van der Waals surface area contributed by atoms with Crippen LogP contribution in [0.1, 0.15) is 6.92 Å². The van der Waals surface area contributed by atoms with Gasteiger partial charge in [0.2, 0.25) is 0 Å². The van der Waals surface area contributed by atoms with Gasteiger partial charge in [0.05, 0.1) is 12.8 Å². The molecule has 0 saturated carbocycles. The summed E-state index contributed by atoms with van der Waals surface area (Å²) < 4.78 is 5.32. The second-order valence-corrected chi connectivity index (χ2v) is 4.21. The van der Waals surface area contributed by atoms with Crippen LogP contribution in [0, 0.1) is 5.92 Å². The van der Waals surface area contributed by atoms with Crippen LogP contribution in [0.2, 0.25) is 0 Å². The molecule has 15 heavy (non-hydrogen) atoms. The normalized spacial score (nSPS) is 12.3. The lowest BCUT2D eigenvalue weighted by Crippen LogP contribution is -2.25. The number of ether oxygens (including phenoxy) is 1. The second-order valence-electron chi connectivity index (χ2n) is 3.84. The largest absolute Gasteiger partial charge is 0.495 e. The van der Waals surface area contributed by atoms with Gasteiger partial charge in [0, 0.05) is 13.6 Å². The molecule has 0 aromatic heterocycles. The number of methoxy groups -OCH3 is 1. The fraction of sp³-hybridized carbons (Fsp3) is 0.500. The summed E-state index contributed by atoms with van der Waals surface area (Å²) >= 11 is 4.29. The van der Waals surface area contributed by atoms with E-state index in [2.05, 4.69) is 37.6 Å². The first-order valence-electron chi connectivity index (χ1n) is 5.14. The van der Waals surface area contributed by atoms with E-state index in [1.54, 1.807) is 7.11 Å². The molecule has 0 bridgehead atoms. The van der Waals surface area contributed by atoms with Crippen LogP contribution in [0.3, 0.4) is 0 Å². The van der Waals surface area contributed by atoms with Gasteiger partial charge in [-0.2, -0.15) is 12.6 Å². The van der Waals surface area contributed by atoms with Gasteiger partial charge in [0.25, 0.3) is 0 Å². The Hall–Kier alpha value is -0.830. The number of thiol groups is 1. The molecule has 1 rings (SSSR count). The molecular formula is C12H19NOS. The van der Waals surface area contributed by atoms with Gasteiger partial charge in [-0.25, -0.2) is 0 Å². The standard InChI is InChI=1S/C12H19NOS/c1-10(9-15)8-13(2)11-6-4-5-7-12(11)14-3/h4-7,10,15H,8-9H2,1-3H3. The summed E-state index contributed by atoms with van der Waals surface area (Å²) in [4.78, 5) is 2.21. The van der Waals surface area contributed by atoms with Crippen LogP contribution in [0.4, 0.5) is 5.69 Å². The topological polar surface area (TPSA) is 12.5 Å². The van der Waals surface area contributed by atoms with Crippen LogP contribution in [0.25, 0.3) is 0 Å². The number of nitrogens with zero attached hydrogens (tertiary/aromatic N) is 1. The molecule has 84 valence electrons. The Morgan fingerprint density at radius 2 is 2.07 bits per heavy atom. The summed E-state index contributed by atoms with van der Waals surface area (Å²) in [6, 6.07) is 8.07. The van der Waals surface area contributed by atoms with Gasteiger partial charge in [0.1, 0.15) is 5.75 Å². The molecule has 0 heterocycles. The lowest BCUT2D eigenvalue weighted by atomic mass is 10.2. The Morgan fingerprint density at radius 1 is 1.40 bits per heavy atom. The van der Waals surface area contributed by atoms with Gasteiger partial charge in [0.15, 0.2) is 0 Å². The Labute approximate surface area is 97.6 Å². The Kier molecular flexibility index (Phi) is 4.82. The first-order valence-corrected chi connectivity index (χ1v) is 5.77. The predicted molar refractivity (Wildman–Crippen MR) is 69.3 cm³/mol. The third kappa shape index (κ3) is 3.34. The van der Waals surface area contributed by atoms with Gasteiger partial charge in [-0.3, -0.25) is 0 Å². The van der Waals surface area contributed by atoms with E-state index in [1.807, 2.05) is 18.2 Å². The molecule has 0 aliphatic heterocycles. The van der Waals surface area contributed by atoms with Gasteiger partial charge in [-0.15, -0.1) is 0 Å². The molecule has 0 aliphatic rings. The van der Waals surface area contributed by atoms with E-state index in [1.165, 1.54) is 0 Å². The maximum atomic E-state index is 5.32. The third-order valence-corrected chi connectivity index (χ3v) is 3.02. The van der Waals surface area contributed by atoms with Crippen LogP contribution in [-0.2, 0) is 0 Å². The highest BCUT2D eigenvalue weighted by molar-refractivity contribution is 7.80. The van der Waals surface area contributed by atoms with Crippen LogP contribution in [0.5, 0.6) is 5.75 Å². The maximum absolute atomic E-state index is 5.32. The summed E-state index contributed by atoms with van der Waals surface area (Å²) in [6.45, 7) is 3.18. The minimum atomic E-state index is 0.572. The van der Waals surface area contributed by atoms with Crippen molar-refractivity contribution in [3.05, 3.63) is 24.3 Å². The average molecular weight is 225 g/mol. The summed E-state index contributed by atoms with van der Waals surface area (Å²) in [5, 5.41) is 0. The molecule has 0 N–H and O–H groups in total. The van der Waals surface area contributed by atoms with Crippen LogP contribution in [-0.4, -0.2) is 26.5 Å². The monoisotopic (exact) mass is 225 g/mol. The van der Waals surface area contributed by atoms with E-state index in [0.717, 1.165) is 23.7 Å². The smallest absolute Gasteiger partial charge is 0.142 e. The third-order valence-electron chi connectivity index (χ3n) is 2.39. The van der Waals surface area contributed by atoms with Crippen molar-refractivity contribution in [3.8, 4) is 5.75 Å². The van der Waals surface area contributed by atoms with Gasteiger partial charge in [-0.05, 0) is 23.8 Å². The minimum Gasteiger partial charge on any atom is -0.495 e. The Bertz CT molecular complexity index is 303. The molecule has 0 amide bonds. The molecule has 1 unspecified atom stereocenters. The lowest BCUT2D eigenvalue weighted by molar-refractivity contribution is 0.414. The Balaban J connectivity index is 2.76. The van der Waals surface area contributed by atoms with Crippen LogP contribution < -0.4 is 9.64 Å². The summed E-state index contributed by atoms with van der Waals surface area (Å²) in [7, 11) is 3.78. The lowest BCUT2D eigenvalue weighted by Gasteiger charge is -2.24. The van der Waals surface area contributed by atoms with E-state index in [-0.39, 0.29) is 0 Å². The maximum Gasteiger partial charge on any atom is 0.142 e. The predicted octanol–water partition coefficient (Wildman–Crippen LogP) is 2.70. The van der Waals surface area contributed by atoms with Gasteiger partial charge < -0.3 is 9.64 Å². The molecule has 1 atom stereocenters. The van der Waals surface area contributed by atoms with E-state index in [0.29, 0.717) is 5.92 Å². The van der Waals surface area contributed by atoms with E-state index in [9.17, 15) is 0 Å². The van der Waals surface area contributed by atoms with Crippen molar-refractivity contribution < 1.29 is 4.74 Å². The molecular weight excluding hydrogens is 206 g/mol. The summed E-state index contributed by atoms with van der Waals surface area (Å²) in [5.41, 5.74) is 1.13. The van der Waals surface area contributed by atoms with Crippen molar-refractivity contribution in [2.24, 2.45) is 5.92 Å². The fourth-order valence-electron chi connectivity index (χ4n) is 1.57. The SMILES string of the molecule is COc1ccccc1N(C)CC(C)CS. The minimum absolute atomic E-state index is 0.572. The second kappa shape index (κ2) is 5.91. The van der Waals surface area contributed by atoms with Crippen molar-refractivity contribution in [1.82, 2.24) is 0 Å². The number of rotatable bonds is 5. The van der Waals surface area contributed by atoms with Crippen LogP contribution in [0.15, 0.2) is 24.3 Å². The van der Waals surface area contributed by atoms with Crippen molar-refractivity contribution in [2.75, 3.05) is 31.4 Å². The highest BCUT2D eigenvalue weighted by atomic mass is 32.1. The number of hydrogen-bond acceptors (Lipinski definition) is 3. The zero-order chi connectivity index (χ0) is 11.3. The first kappa shape index (κ1) is 12.2. The van der Waals surface area contributed by atoms with Crippen molar-refractivity contribution in [2.45, 2.75) is 6.92 Å². The Morgan fingerprint density at radius 3 is 2.67 bits per heavy atom. The van der Waals surface area contributed by atoms with Gasteiger partial charge in [-0.1, -0.05) is 19.1 Å². The molecule has 0 radical (unpaired) electrons. The zero-order valence-electron chi connectivity index (χ0n) is 9.60. The summed E-state index contributed by atoms with van der Waals surface area (Å²) in [6.07, 6.45) is 0. The number of para-hydroxylation sites is 2. The van der Waals surface area contributed by atoms with E-state index < -0.39 is 0 Å². The van der Waals surface area contributed by atoms with Crippen LogP contribution >= 0.6 is 12.6 Å². The van der Waals surface area contributed by atoms with E-state index in [4.69, 9.17) is 4.74 Å². The van der Waals surface area contributed by atoms with E-state index >= 15 is 0 Å². The van der Waals surface area contributed by atoms with Crippen molar-refractivity contribution >= 4 is 18.3 Å². The average Bonchev–Trinajstić information content (AvgIpc) is 2.28. The quantitative estimate of drug-likeness (QED) is 0.774. The molecule has 0 fully saturated rings. The molecule has 0 aliphatic carbocycles. The van der Waals surface area contributed by atoms with Crippen molar-refractivity contribution in [3.63, 3.8) is 0 Å². The number of benzene rings is 1. The highest BCUT2D eigenvalue weighted by Gasteiger charge is 2.09. The fourth-order valence-corrected chi connectivity index (χ4v) is 1.68. The van der Waals surface area contributed by atoms with Crippen molar-refractivity contribution in [1.29, 1.82) is 0 Å². The number of hydrogen-bond donors (Lipinski definition) is 1. The molecule has 0 spiro atoms. The molecule has 2 nitrogen and oxygen atoms in total. The molecule has 1 aromatic rings. The molecule has 1 aromatic carbocycles.